The van der Waals surface area contributed by atoms with Gasteiger partial charge in [-0.25, -0.2) is 0 Å². The highest BCUT2D eigenvalue weighted by atomic mass is 16.2. The van der Waals surface area contributed by atoms with E-state index in [9.17, 15) is 9.59 Å². The van der Waals surface area contributed by atoms with E-state index < -0.39 is 5.41 Å². The molecule has 1 aliphatic rings. The van der Waals surface area contributed by atoms with Crippen LogP contribution in [0, 0.1) is 5.41 Å². The number of amides is 2. The molecule has 1 aromatic carbocycles. The molecule has 1 N–H and O–H groups in total. The van der Waals surface area contributed by atoms with Crippen LogP contribution >= 0.6 is 0 Å². The van der Waals surface area contributed by atoms with E-state index in [0.717, 1.165) is 31.9 Å². The van der Waals surface area contributed by atoms with Gasteiger partial charge in [0.25, 0.3) is 0 Å². The lowest BCUT2D eigenvalue weighted by Crippen LogP contribution is -2.44. The number of nitrogens with zero attached hydrogens (tertiary/aromatic N) is 3. The van der Waals surface area contributed by atoms with Gasteiger partial charge in [-0.1, -0.05) is 20.8 Å². The van der Waals surface area contributed by atoms with Crippen molar-refractivity contribution in [3.63, 3.8) is 0 Å². The first-order chi connectivity index (χ1) is 12.2. The molecule has 26 heavy (non-hydrogen) atoms. The third-order valence-electron chi connectivity index (χ3n) is 4.71. The van der Waals surface area contributed by atoms with Gasteiger partial charge in [-0.05, 0) is 31.3 Å². The summed E-state index contributed by atoms with van der Waals surface area (Å²) in [6.45, 7) is 12.3. The van der Waals surface area contributed by atoms with Gasteiger partial charge in [0, 0.05) is 63.0 Å². The minimum atomic E-state index is -0.425. The predicted octanol–water partition coefficient (Wildman–Crippen LogP) is 1.95. The minimum Gasteiger partial charge on any atom is -0.369 e. The van der Waals surface area contributed by atoms with E-state index >= 15 is 0 Å². The van der Waals surface area contributed by atoms with Gasteiger partial charge in [-0.2, -0.15) is 0 Å². The molecule has 2 rings (SSSR count). The molecule has 0 atom stereocenters. The summed E-state index contributed by atoms with van der Waals surface area (Å²) in [6, 6.07) is 8.12. The Bertz CT molecular complexity index is 614. The highest BCUT2D eigenvalue weighted by Gasteiger charge is 2.21. The lowest BCUT2D eigenvalue weighted by molar-refractivity contribution is -0.128. The maximum absolute atomic E-state index is 12.0. The summed E-state index contributed by atoms with van der Waals surface area (Å²) in [4.78, 5) is 30.4. The number of anilines is 2. The first-order valence-electron chi connectivity index (χ1n) is 9.28. The van der Waals surface area contributed by atoms with Gasteiger partial charge in [0.05, 0.1) is 0 Å². The van der Waals surface area contributed by atoms with Crippen LogP contribution in [0.1, 0.15) is 27.7 Å². The summed E-state index contributed by atoms with van der Waals surface area (Å²) in [5.74, 6) is -0.0335. The molecule has 0 saturated carbocycles. The molecule has 144 valence electrons. The first kappa shape index (κ1) is 20.2. The molecule has 0 radical (unpaired) electrons. The van der Waals surface area contributed by atoms with Gasteiger partial charge in [-0.3, -0.25) is 9.59 Å². The number of hydrogen-bond acceptors (Lipinski definition) is 4. The zero-order valence-corrected chi connectivity index (χ0v) is 16.7. The number of carbonyl (C=O) groups excluding carboxylic acids is 2. The Kier molecular flexibility index (Phi) is 6.64. The van der Waals surface area contributed by atoms with Gasteiger partial charge < -0.3 is 20.0 Å². The summed E-state index contributed by atoms with van der Waals surface area (Å²) >= 11 is 0. The number of carbonyl (C=O) groups is 2. The Hall–Kier alpha value is -2.08. The van der Waals surface area contributed by atoms with Crippen LogP contribution in [-0.4, -0.2) is 63.0 Å². The molecule has 1 fully saturated rings. The SMILES string of the molecule is CC(=O)N(CCNC(=O)C(C)(C)C)c1ccc(N2CCN(C)CC2)cc1. The van der Waals surface area contributed by atoms with Gasteiger partial charge >= 0.3 is 0 Å². The Morgan fingerprint density at radius 2 is 1.65 bits per heavy atom. The summed E-state index contributed by atoms with van der Waals surface area (Å²) in [5.41, 5.74) is 1.62. The Morgan fingerprint density at radius 1 is 1.08 bits per heavy atom. The Labute approximate surface area is 157 Å². The van der Waals surface area contributed by atoms with E-state index in [2.05, 4.69) is 34.3 Å². The van der Waals surface area contributed by atoms with Crippen LogP contribution in [0.5, 0.6) is 0 Å². The molecule has 1 saturated heterocycles. The van der Waals surface area contributed by atoms with Crippen molar-refractivity contribution in [3.05, 3.63) is 24.3 Å². The lowest BCUT2D eigenvalue weighted by Gasteiger charge is -2.34. The molecule has 1 aromatic rings. The fraction of sp³-hybridized carbons (Fsp3) is 0.600. The molecule has 0 spiro atoms. The fourth-order valence-corrected chi connectivity index (χ4v) is 2.92. The number of hydrogen-bond donors (Lipinski definition) is 1. The average Bonchev–Trinajstić information content (AvgIpc) is 2.58. The van der Waals surface area contributed by atoms with Crippen LogP contribution < -0.4 is 15.1 Å². The zero-order valence-electron chi connectivity index (χ0n) is 16.7. The van der Waals surface area contributed by atoms with Crippen molar-refractivity contribution in [3.8, 4) is 0 Å². The van der Waals surface area contributed by atoms with Crippen LogP contribution in [-0.2, 0) is 9.59 Å². The highest BCUT2D eigenvalue weighted by molar-refractivity contribution is 5.91. The highest BCUT2D eigenvalue weighted by Crippen LogP contribution is 2.22. The molecule has 0 bridgehead atoms. The zero-order chi connectivity index (χ0) is 19.3. The van der Waals surface area contributed by atoms with E-state index in [1.165, 1.54) is 5.69 Å². The van der Waals surface area contributed by atoms with E-state index in [-0.39, 0.29) is 11.8 Å². The first-order valence-corrected chi connectivity index (χ1v) is 9.28. The maximum atomic E-state index is 12.0. The summed E-state index contributed by atoms with van der Waals surface area (Å²) in [5, 5.41) is 2.90. The molecule has 1 aliphatic heterocycles. The van der Waals surface area contributed by atoms with Gasteiger partial charge in [0.1, 0.15) is 0 Å². The molecule has 0 aromatic heterocycles. The standard InChI is InChI=1S/C20H32N4O2/c1-16(25)24(11-10-21-19(26)20(2,3)4)18-8-6-17(7-9-18)23-14-12-22(5)13-15-23/h6-9H,10-15H2,1-5H3,(H,21,26). The second kappa shape index (κ2) is 8.54. The van der Waals surface area contributed by atoms with Crippen LogP contribution in [0.25, 0.3) is 0 Å². The second-order valence-corrected chi connectivity index (χ2v) is 7.98. The molecular formula is C20H32N4O2. The lowest BCUT2D eigenvalue weighted by atomic mass is 9.96. The minimum absolute atomic E-state index is 0.00795. The molecule has 6 nitrogen and oxygen atoms in total. The fourth-order valence-electron chi connectivity index (χ4n) is 2.92. The predicted molar refractivity (Wildman–Crippen MR) is 107 cm³/mol. The largest absolute Gasteiger partial charge is 0.369 e. The molecule has 6 heteroatoms. The number of rotatable bonds is 5. The van der Waals surface area contributed by atoms with Crippen molar-refractivity contribution >= 4 is 23.2 Å². The molecular weight excluding hydrogens is 328 g/mol. The van der Waals surface area contributed by atoms with Gasteiger partial charge in [0.2, 0.25) is 11.8 Å². The van der Waals surface area contributed by atoms with Crippen molar-refractivity contribution in [1.29, 1.82) is 0 Å². The molecule has 1 heterocycles. The Morgan fingerprint density at radius 3 is 2.15 bits per heavy atom. The van der Waals surface area contributed by atoms with Crippen molar-refractivity contribution in [2.45, 2.75) is 27.7 Å². The topological polar surface area (TPSA) is 55.9 Å². The van der Waals surface area contributed by atoms with Crippen molar-refractivity contribution in [2.75, 3.05) is 56.1 Å². The van der Waals surface area contributed by atoms with E-state index in [4.69, 9.17) is 0 Å². The van der Waals surface area contributed by atoms with Gasteiger partial charge in [0.15, 0.2) is 0 Å². The van der Waals surface area contributed by atoms with E-state index in [0.29, 0.717) is 13.1 Å². The Balaban J connectivity index is 1.97. The van der Waals surface area contributed by atoms with Crippen LogP contribution in [0.3, 0.4) is 0 Å². The summed E-state index contributed by atoms with van der Waals surface area (Å²) < 4.78 is 0. The van der Waals surface area contributed by atoms with Crippen molar-refractivity contribution in [1.82, 2.24) is 10.2 Å². The molecule has 0 unspecified atom stereocenters. The van der Waals surface area contributed by atoms with E-state index in [1.54, 1.807) is 11.8 Å². The smallest absolute Gasteiger partial charge is 0.225 e. The number of nitrogens with one attached hydrogen (secondary N) is 1. The van der Waals surface area contributed by atoms with Crippen molar-refractivity contribution < 1.29 is 9.59 Å². The average molecular weight is 361 g/mol. The number of benzene rings is 1. The second-order valence-electron chi connectivity index (χ2n) is 7.98. The quantitative estimate of drug-likeness (QED) is 0.872. The van der Waals surface area contributed by atoms with Crippen LogP contribution in [0.2, 0.25) is 0 Å². The van der Waals surface area contributed by atoms with Gasteiger partial charge in [-0.15, -0.1) is 0 Å². The normalized spacial score (nSPS) is 15.7. The monoisotopic (exact) mass is 360 g/mol. The maximum Gasteiger partial charge on any atom is 0.225 e. The summed E-state index contributed by atoms with van der Waals surface area (Å²) in [6.07, 6.45) is 0. The molecule has 0 aliphatic carbocycles. The van der Waals surface area contributed by atoms with Crippen LogP contribution in [0.15, 0.2) is 24.3 Å². The van der Waals surface area contributed by atoms with Crippen molar-refractivity contribution in [2.24, 2.45) is 5.41 Å². The third kappa shape index (κ3) is 5.46. The number of piperazine rings is 1. The molecule has 2 amide bonds. The van der Waals surface area contributed by atoms with Crippen LogP contribution in [0.4, 0.5) is 11.4 Å². The number of likely N-dealkylation sites (N-methyl/N-ethyl adjacent to an activating group) is 1. The summed E-state index contributed by atoms with van der Waals surface area (Å²) in [7, 11) is 2.14. The van der Waals surface area contributed by atoms with E-state index in [1.807, 2.05) is 32.9 Å². The third-order valence-corrected chi connectivity index (χ3v) is 4.71.